The summed E-state index contributed by atoms with van der Waals surface area (Å²) in [5.41, 5.74) is 0.406. The molecule has 2 rings (SSSR count). The molecular weight excluding hydrogens is 463 g/mol. The molecule has 2 aromatic rings. The van der Waals surface area contributed by atoms with Crippen molar-refractivity contribution < 1.29 is 37.7 Å². The van der Waals surface area contributed by atoms with Crippen molar-refractivity contribution in [1.29, 1.82) is 0 Å². The first kappa shape index (κ1) is 23.3. The zero-order chi connectivity index (χ0) is 22.1. The van der Waals surface area contributed by atoms with Crippen molar-refractivity contribution in [3.63, 3.8) is 0 Å². The van der Waals surface area contributed by atoms with Crippen LogP contribution in [0.2, 0.25) is 0 Å². The fourth-order valence-corrected chi connectivity index (χ4v) is 2.93. The van der Waals surface area contributed by atoms with Crippen molar-refractivity contribution in [3.05, 3.63) is 59.7 Å². The van der Waals surface area contributed by atoms with Gasteiger partial charge in [0, 0.05) is 0 Å². The standard InChI is InChI=1S/C21H20BrFO7/c1-27-15-7-3-13(4-8-15)20(25)29-12-17(22)19(18(23)11-24)30-21(26)14-5-9-16(28-2)10-6-14/h3-11,17-19H,12H2,1-2H3/t17-,18+,19+/m0/s1. The lowest BCUT2D eigenvalue weighted by Gasteiger charge is -2.23. The van der Waals surface area contributed by atoms with E-state index in [2.05, 4.69) is 15.9 Å². The molecule has 2 aromatic carbocycles. The lowest BCUT2D eigenvalue weighted by atomic mass is 10.1. The molecule has 0 aromatic heterocycles. The van der Waals surface area contributed by atoms with E-state index in [0.717, 1.165) is 0 Å². The van der Waals surface area contributed by atoms with Gasteiger partial charge in [-0.25, -0.2) is 14.0 Å². The molecule has 0 amide bonds. The molecule has 3 atom stereocenters. The summed E-state index contributed by atoms with van der Waals surface area (Å²) in [6.07, 6.45) is -3.59. The lowest BCUT2D eigenvalue weighted by molar-refractivity contribution is -0.115. The molecule has 0 N–H and O–H groups in total. The van der Waals surface area contributed by atoms with E-state index >= 15 is 0 Å². The van der Waals surface area contributed by atoms with E-state index in [9.17, 15) is 18.8 Å². The Morgan fingerprint density at radius 1 is 0.933 bits per heavy atom. The SMILES string of the molecule is COc1ccc(C(=O)OC[C@H](Br)[C@@H](OC(=O)c2ccc(OC)cc2)[C@H](F)C=O)cc1. The number of hydrogen-bond donors (Lipinski definition) is 0. The van der Waals surface area contributed by atoms with Gasteiger partial charge in [-0.15, -0.1) is 0 Å². The normalized spacial score (nSPS) is 13.5. The highest BCUT2D eigenvalue weighted by Gasteiger charge is 2.33. The highest BCUT2D eigenvalue weighted by Crippen LogP contribution is 2.20. The van der Waals surface area contributed by atoms with Gasteiger partial charge in [-0.2, -0.15) is 0 Å². The monoisotopic (exact) mass is 482 g/mol. The van der Waals surface area contributed by atoms with E-state index in [1.54, 1.807) is 24.3 Å². The highest BCUT2D eigenvalue weighted by atomic mass is 79.9. The van der Waals surface area contributed by atoms with Crippen LogP contribution in [0.1, 0.15) is 20.7 Å². The maximum atomic E-state index is 14.1. The number of ether oxygens (including phenoxy) is 4. The van der Waals surface area contributed by atoms with Crippen LogP contribution >= 0.6 is 15.9 Å². The Balaban J connectivity index is 2.01. The first-order valence-corrected chi connectivity index (χ1v) is 9.70. The van der Waals surface area contributed by atoms with Gasteiger partial charge in [0.25, 0.3) is 0 Å². The van der Waals surface area contributed by atoms with Gasteiger partial charge in [0.05, 0.1) is 30.2 Å². The molecule has 0 radical (unpaired) electrons. The summed E-state index contributed by atoms with van der Waals surface area (Å²) in [7, 11) is 2.97. The maximum absolute atomic E-state index is 14.1. The third-order valence-electron chi connectivity index (χ3n) is 4.07. The molecule has 0 saturated heterocycles. The molecule has 0 aliphatic heterocycles. The van der Waals surface area contributed by atoms with Crippen molar-refractivity contribution >= 4 is 34.2 Å². The van der Waals surface area contributed by atoms with Gasteiger partial charge in [-0.05, 0) is 48.5 Å². The summed E-state index contributed by atoms with van der Waals surface area (Å²) in [5, 5.41) is 0. The fourth-order valence-electron chi connectivity index (χ4n) is 2.40. The number of hydrogen-bond acceptors (Lipinski definition) is 7. The third-order valence-corrected chi connectivity index (χ3v) is 4.85. The number of rotatable bonds is 10. The van der Waals surface area contributed by atoms with Crippen LogP contribution < -0.4 is 9.47 Å². The van der Waals surface area contributed by atoms with Crippen LogP contribution in [-0.4, -0.2) is 56.2 Å². The third kappa shape index (κ3) is 6.28. The van der Waals surface area contributed by atoms with Gasteiger partial charge < -0.3 is 18.9 Å². The second-order valence-electron chi connectivity index (χ2n) is 6.02. The molecule has 0 spiro atoms. The van der Waals surface area contributed by atoms with E-state index in [1.807, 2.05) is 0 Å². The number of carbonyl (C=O) groups is 3. The highest BCUT2D eigenvalue weighted by molar-refractivity contribution is 9.09. The number of alkyl halides is 2. The minimum absolute atomic E-state index is 0.0194. The van der Waals surface area contributed by atoms with Crippen LogP contribution in [0, 0.1) is 0 Å². The molecule has 0 aliphatic rings. The molecule has 0 fully saturated rings. The van der Waals surface area contributed by atoms with Crippen molar-refractivity contribution in [3.8, 4) is 11.5 Å². The molecule has 30 heavy (non-hydrogen) atoms. The van der Waals surface area contributed by atoms with Crippen LogP contribution in [0.3, 0.4) is 0 Å². The number of carbonyl (C=O) groups excluding carboxylic acids is 3. The summed E-state index contributed by atoms with van der Waals surface area (Å²) >= 11 is 3.14. The second kappa shape index (κ2) is 11.3. The number of halogens is 2. The van der Waals surface area contributed by atoms with Crippen LogP contribution in [0.4, 0.5) is 4.39 Å². The summed E-state index contributed by atoms with van der Waals surface area (Å²) in [6.45, 7) is -0.334. The Kier molecular flexibility index (Phi) is 8.79. The molecular formula is C21H20BrFO7. The van der Waals surface area contributed by atoms with E-state index < -0.39 is 29.0 Å². The number of esters is 2. The average Bonchev–Trinajstić information content (AvgIpc) is 2.80. The average molecular weight is 483 g/mol. The lowest BCUT2D eigenvalue weighted by Crippen LogP contribution is -2.39. The number of aldehydes is 1. The maximum Gasteiger partial charge on any atom is 0.338 e. The van der Waals surface area contributed by atoms with Crippen molar-refractivity contribution in [2.75, 3.05) is 20.8 Å². The van der Waals surface area contributed by atoms with Crippen LogP contribution in [-0.2, 0) is 14.3 Å². The molecule has 160 valence electrons. The molecule has 7 nitrogen and oxygen atoms in total. The molecule has 0 saturated carbocycles. The molecule has 0 heterocycles. The minimum atomic E-state index is -2.11. The summed E-state index contributed by atoms with van der Waals surface area (Å²) in [4.78, 5) is 34.5. The molecule has 0 aliphatic carbocycles. The second-order valence-corrected chi connectivity index (χ2v) is 7.20. The van der Waals surface area contributed by atoms with E-state index in [1.165, 1.54) is 38.5 Å². The van der Waals surface area contributed by atoms with Crippen molar-refractivity contribution in [2.24, 2.45) is 0 Å². The van der Waals surface area contributed by atoms with Crippen LogP contribution in [0.15, 0.2) is 48.5 Å². The first-order valence-electron chi connectivity index (χ1n) is 8.79. The Hall–Kier alpha value is -2.94. The Bertz CT molecular complexity index is 855. The Morgan fingerprint density at radius 2 is 1.40 bits per heavy atom. The fraction of sp³-hybridized carbons (Fsp3) is 0.286. The zero-order valence-electron chi connectivity index (χ0n) is 16.2. The summed E-state index contributed by atoms with van der Waals surface area (Å²) in [5.74, 6) is -0.396. The van der Waals surface area contributed by atoms with Gasteiger partial charge in [0.2, 0.25) is 0 Å². The minimum Gasteiger partial charge on any atom is -0.497 e. The van der Waals surface area contributed by atoms with Gasteiger partial charge in [-0.3, -0.25) is 4.79 Å². The van der Waals surface area contributed by atoms with Gasteiger partial charge in [-0.1, -0.05) is 15.9 Å². The Morgan fingerprint density at radius 3 is 1.83 bits per heavy atom. The van der Waals surface area contributed by atoms with Crippen molar-refractivity contribution in [2.45, 2.75) is 17.1 Å². The predicted molar refractivity (Wildman–Crippen MR) is 109 cm³/mol. The first-order chi connectivity index (χ1) is 14.4. The summed E-state index contributed by atoms with van der Waals surface area (Å²) in [6, 6.07) is 12.2. The van der Waals surface area contributed by atoms with E-state index in [4.69, 9.17) is 18.9 Å². The smallest absolute Gasteiger partial charge is 0.338 e. The predicted octanol–water partition coefficient (Wildman–Crippen LogP) is 3.39. The number of methoxy groups -OCH3 is 2. The largest absolute Gasteiger partial charge is 0.497 e. The molecule has 0 unspecified atom stereocenters. The van der Waals surface area contributed by atoms with E-state index in [-0.39, 0.29) is 24.0 Å². The van der Waals surface area contributed by atoms with E-state index in [0.29, 0.717) is 11.5 Å². The van der Waals surface area contributed by atoms with Gasteiger partial charge in [0.1, 0.15) is 18.1 Å². The molecule has 9 heteroatoms. The summed E-state index contributed by atoms with van der Waals surface area (Å²) < 4.78 is 34.4. The quantitative estimate of drug-likeness (QED) is 0.291. The van der Waals surface area contributed by atoms with Crippen LogP contribution in [0.25, 0.3) is 0 Å². The van der Waals surface area contributed by atoms with Gasteiger partial charge >= 0.3 is 11.9 Å². The zero-order valence-corrected chi connectivity index (χ0v) is 17.8. The van der Waals surface area contributed by atoms with Crippen molar-refractivity contribution in [1.82, 2.24) is 0 Å². The molecule has 0 bridgehead atoms. The Labute approximate surface area is 181 Å². The van der Waals surface area contributed by atoms with Gasteiger partial charge in [0.15, 0.2) is 18.6 Å². The topological polar surface area (TPSA) is 88.1 Å². The number of benzene rings is 2. The van der Waals surface area contributed by atoms with Crippen LogP contribution in [0.5, 0.6) is 11.5 Å².